The van der Waals surface area contributed by atoms with Gasteiger partial charge in [0, 0.05) is 25.2 Å². The van der Waals surface area contributed by atoms with Gasteiger partial charge >= 0.3 is 6.03 Å². The van der Waals surface area contributed by atoms with Crippen molar-refractivity contribution in [2.24, 2.45) is 0 Å². The zero-order chi connectivity index (χ0) is 15.8. The van der Waals surface area contributed by atoms with E-state index in [2.05, 4.69) is 5.32 Å². The molecule has 0 bridgehead atoms. The number of hydrogen-bond donors (Lipinski definition) is 3. The van der Waals surface area contributed by atoms with Crippen molar-refractivity contribution in [2.75, 3.05) is 7.05 Å². The monoisotopic (exact) mass is 295 g/mol. The molecular weight excluding hydrogens is 273 g/mol. The average Bonchev–Trinajstić information content (AvgIpc) is 2.49. The normalized spacial score (nSPS) is 11.8. The molecular formula is C15H22FN3O2. The van der Waals surface area contributed by atoms with Crippen molar-refractivity contribution in [2.45, 2.75) is 38.8 Å². The number of amides is 2. The summed E-state index contributed by atoms with van der Waals surface area (Å²) in [5, 5.41) is 19.3. The molecule has 0 fully saturated rings. The van der Waals surface area contributed by atoms with Crippen molar-refractivity contribution < 1.29 is 14.3 Å². The molecule has 1 unspecified atom stereocenters. The summed E-state index contributed by atoms with van der Waals surface area (Å²) in [6, 6.07) is 3.98. The molecule has 0 saturated heterocycles. The van der Waals surface area contributed by atoms with E-state index in [1.54, 1.807) is 18.0 Å². The van der Waals surface area contributed by atoms with Crippen LogP contribution in [0.3, 0.4) is 0 Å². The maximum Gasteiger partial charge on any atom is 0.317 e. The SMILES string of the molecule is CCC(CCC=N)N(C)C(=O)NCc1cccc(F)c1O. The van der Waals surface area contributed by atoms with E-state index in [9.17, 15) is 14.3 Å². The van der Waals surface area contributed by atoms with Crippen molar-refractivity contribution in [1.29, 1.82) is 5.41 Å². The van der Waals surface area contributed by atoms with Crippen LogP contribution in [-0.2, 0) is 6.54 Å². The van der Waals surface area contributed by atoms with Crippen molar-refractivity contribution in [3.8, 4) is 5.75 Å². The molecule has 1 aromatic rings. The van der Waals surface area contributed by atoms with E-state index in [1.165, 1.54) is 12.3 Å². The van der Waals surface area contributed by atoms with Gasteiger partial charge in [-0.2, -0.15) is 0 Å². The Morgan fingerprint density at radius 1 is 1.57 bits per heavy atom. The predicted octanol–water partition coefficient (Wildman–Crippen LogP) is 2.88. The Morgan fingerprint density at radius 2 is 2.29 bits per heavy atom. The summed E-state index contributed by atoms with van der Waals surface area (Å²) >= 11 is 0. The average molecular weight is 295 g/mol. The number of para-hydroxylation sites is 1. The van der Waals surface area contributed by atoms with Crippen molar-refractivity contribution in [3.63, 3.8) is 0 Å². The Hall–Kier alpha value is -2.11. The van der Waals surface area contributed by atoms with E-state index in [-0.39, 0.29) is 18.6 Å². The first-order valence-corrected chi connectivity index (χ1v) is 6.97. The highest BCUT2D eigenvalue weighted by Crippen LogP contribution is 2.20. The Morgan fingerprint density at radius 3 is 2.90 bits per heavy atom. The molecule has 0 radical (unpaired) electrons. The second-order valence-electron chi connectivity index (χ2n) is 4.86. The Kier molecular flexibility index (Phi) is 6.65. The van der Waals surface area contributed by atoms with Crippen LogP contribution in [0.4, 0.5) is 9.18 Å². The first-order chi connectivity index (χ1) is 10.0. The first kappa shape index (κ1) is 16.9. The summed E-state index contributed by atoms with van der Waals surface area (Å²) in [7, 11) is 1.69. The zero-order valence-electron chi connectivity index (χ0n) is 12.4. The number of halogens is 1. The van der Waals surface area contributed by atoms with Gasteiger partial charge in [0.2, 0.25) is 0 Å². The Bertz CT molecular complexity index is 494. The van der Waals surface area contributed by atoms with Gasteiger partial charge in [-0.05, 0) is 31.5 Å². The number of hydrogen-bond acceptors (Lipinski definition) is 3. The fourth-order valence-corrected chi connectivity index (χ4v) is 2.11. The standard InChI is InChI=1S/C15H22FN3O2/c1-3-12(7-5-9-17)19(2)15(21)18-10-11-6-4-8-13(16)14(11)20/h4,6,8-9,12,17,20H,3,5,7,10H2,1-2H3,(H,18,21). The minimum absolute atomic E-state index is 0.0488. The lowest BCUT2D eigenvalue weighted by Crippen LogP contribution is -2.43. The van der Waals surface area contributed by atoms with Crippen LogP contribution in [0.15, 0.2) is 18.2 Å². The third-order valence-corrected chi connectivity index (χ3v) is 3.48. The van der Waals surface area contributed by atoms with Crippen LogP contribution in [0.1, 0.15) is 31.7 Å². The summed E-state index contributed by atoms with van der Waals surface area (Å²) < 4.78 is 13.2. The first-order valence-electron chi connectivity index (χ1n) is 6.97. The lowest BCUT2D eigenvalue weighted by Gasteiger charge is -2.27. The topological polar surface area (TPSA) is 76.4 Å². The van der Waals surface area contributed by atoms with Gasteiger partial charge in [0.05, 0.1) is 0 Å². The molecule has 0 aliphatic rings. The van der Waals surface area contributed by atoms with Crippen molar-refractivity contribution in [1.82, 2.24) is 10.2 Å². The van der Waals surface area contributed by atoms with Crippen LogP contribution < -0.4 is 5.32 Å². The smallest absolute Gasteiger partial charge is 0.317 e. The van der Waals surface area contributed by atoms with Crippen LogP contribution in [-0.4, -0.2) is 35.3 Å². The Labute approximate surface area is 124 Å². The molecule has 0 aliphatic heterocycles. The van der Waals surface area contributed by atoms with E-state index in [0.717, 1.165) is 18.9 Å². The summed E-state index contributed by atoms with van der Waals surface area (Å²) in [5.41, 5.74) is 0.337. The Balaban J connectivity index is 2.59. The molecule has 0 aliphatic carbocycles. The van der Waals surface area contributed by atoms with Crippen LogP contribution in [0.5, 0.6) is 5.75 Å². The molecule has 1 atom stereocenters. The number of phenols is 1. The fourth-order valence-electron chi connectivity index (χ4n) is 2.11. The zero-order valence-corrected chi connectivity index (χ0v) is 12.4. The van der Waals surface area contributed by atoms with Gasteiger partial charge < -0.3 is 20.7 Å². The van der Waals surface area contributed by atoms with Crippen molar-refractivity contribution >= 4 is 12.2 Å². The molecule has 5 nitrogen and oxygen atoms in total. The van der Waals surface area contributed by atoms with Gasteiger partial charge in [-0.15, -0.1) is 0 Å². The molecule has 2 amide bonds. The highest BCUT2D eigenvalue weighted by Gasteiger charge is 2.18. The summed E-state index contributed by atoms with van der Waals surface area (Å²) in [5.74, 6) is -1.14. The lowest BCUT2D eigenvalue weighted by molar-refractivity contribution is 0.185. The fraction of sp³-hybridized carbons (Fsp3) is 0.467. The van der Waals surface area contributed by atoms with E-state index in [4.69, 9.17) is 5.41 Å². The van der Waals surface area contributed by atoms with Gasteiger partial charge in [0.15, 0.2) is 11.6 Å². The highest BCUT2D eigenvalue weighted by atomic mass is 19.1. The minimum atomic E-state index is -0.701. The number of rotatable bonds is 7. The molecule has 0 aromatic heterocycles. The maximum absolute atomic E-state index is 13.2. The number of urea groups is 1. The van der Waals surface area contributed by atoms with E-state index in [0.29, 0.717) is 12.0 Å². The van der Waals surface area contributed by atoms with Gasteiger partial charge in [0.1, 0.15) is 0 Å². The number of carbonyl (C=O) groups excluding carboxylic acids is 1. The van der Waals surface area contributed by atoms with Gasteiger partial charge in [0.25, 0.3) is 0 Å². The number of carbonyl (C=O) groups is 1. The molecule has 0 heterocycles. The molecule has 3 N–H and O–H groups in total. The van der Waals surface area contributed by atoms with Crippen molar-refractivity contribution in [3.05, 3.63) is 29.6 Å². The number of aromatic hydroxyl groups is 1. The number of benzene rings is 1. The summed E-state index contributed by atoms with van der Waals surface area (Å²) in [6.07, 6.45) is 3.48. The highest BCUT2D eigenvalue weighted by molar-refractivity contribution is 5.74. The molecule has 116 valence electrons. The van der Waals surface area contributed by atoms with E-state index < -0.39 is 11.6 Å². The van der Waals surface area contributed by atoms with E-state index in [1.807, 2.05) is 6.92 Å². The summed E-state index contributed by atoms with van der Waals surface area (Å²) in [6.45, 7) is 2.05. The molecule has 1 rings (SSSR count). The van der Waals surface area contributed by atoms with Gasteiger partial charge in [-0.1, -0.05) is 19.1 Å². The van der Waals surface area contributed by atoms with Crippen LogP contribution in [0.25, 0.3) is 0 Å². The van der Waals surface area contributed by atoms with Crippen LogP contribution in [0, 0.1) is 11.2 Å². The van der Waals surface area contributed by atoms with Crippen LogP contribution in [0.2, 0.25) is 0 Å². The number of phenolic OH excluding ortho intramolecular Hbond substituents is 1. The lowest BCUT2D eigenvalue weighted by atomic mass is 10.1. The molecule has 0 spiro atoms. The van der Waals surface area contributed by atoms with E-state index >= 15 is 0 Å². The third kappa shape index (κ3) is 4.73. The second kappa shape index (κ2) is 8.24. The number of nitrogens with one attached hydrogen (secondary N) is 2. The molecule has 0 saturated carbocycles. The van der Waals surface area contributed by atoms with Crippen LogP contribution >= 0.6 is 0 Å². The van der Waals surface area contributed by atoms with Gasteiger partial charge in [-0.25, -0.2) is 9.18 Å². The largest absolute Gasteiger partial charge is 0.505 e. The minimum Gasteiger partial charge on any atom is -0.505 e. The third-order valence-electron chi connectivity index (χ3n) is 3.48. The predicted molar refractivity (Wildman–Crippen MR) is 80.2 cm³/mol. The van der Waals surface area contributed by atoms with Gasteiger partial charge in [-0.3, -0.25) is 0 Å². The molecule has 1 aromatic carbocycles. The second-order valence-corrected chi connectivity index (χ2v) is 4.86. The summed E-state index contributed by atoms with van der Waals surface area (Å²) in [4.78, 5) is 13.6. The molecule has 6 heteroatoms. The number of nitrogens with zero attached hydrogens (tertiary/aromatic N) is 1. The quantitative estimate of drug-likeness (QED) is 0.676. The molecule has 21 heavy (non-hydrogen) atoms. The maximum atomic E-state index is 13.2.